The standard InChI is InChI=1S/C22H23F3N4O2S2.CH2O2/c1-28(16-6-7-29(11-16)10-14-4-2-3-5-18(14)23)20-9-19(24)22(33(26,30)31)21(25)17(20)8-15-12-32-13-27-15;2-1-3/h2-5,9,12-13,16H,6-8,10-11H2,1H3,(H2,26,30,31);1H,(H,2,3)/t16-;/m0./s1. The highest BCUT2D eigenvalue weighted by molar-refractivity contribution is 7.89. The van der Waals surface area contributed by atoms with Crippen molar-refractivity contribution in [2.45, 2.75) is 30.3 Å². The van der Waals surface area contributed by atoms with E-state index in [9.17, 15) is 17.2 Å². The highest BCUT2D eigenvalue weighted by Gasteiger charge is 2.32. The average Bonchev–Trinajstić information content (AvgIpc) is 3.48. The SMILES string of the molecule is CN(c1cc(F)c(S(N)(=O)=O)c(F)c1Cc1cscn1)[C@H]1CCN(Cc2ccccc2F)C1.O=CO. The molecule has 1 atom stereocenters. The molecule has 0 amide bonds. The van der Waals surface area contributed by atoms with Crippen molar-refractivity contribution < 1.29 is 31.5 Å². The van der Waals surface area contributed by atoms with Gasteiger partial charge in [-0.05, 0) is 18.6 Å². The molecule has 0 spiro atoms. The summed E-state index contributed by atoms with van der Waals surface area (Å²) in [6, 6.07) is 7.47. The van der Waals surface area contributed by atoms with Gasteiger partial charge in [0.25, 0.3) is 6.47 Å². The molecule has 0 radical (unpaired) electrons. The van der Waals surface area contributed by atoms with E-state index in [1.165, 1.54) is 17.4 Å². The summed E-state index contributed by atoms with van der Waals surface area (Å²) in [6.07, 6.45) is 0.685. The first-order chi connectivity index (χ1) is 17.1. The van der Waals surface area contributed by atoms with E-state index in [-0.39, 0.29) is 36.0 Å². The summed E-state index contributed by atoms with van der Waals surface area (Å²) in [7, 11) is -2.89. The van der Waals surface area contributed by atoms with Crippen molar-refractivity contribution >= 4 is 33.5 Å². The van der Waals surface area contributed by atoms with Gasteiger partial charge in [-0.15, -0.1) is 11.3 Å². The fourth-order valence-corrected chi connectivity index (χ4v) is 5.47. The Morgan fingerprint density at radius 2 is 1.97 bits per heavy atom. The van der Waals surface area contributed by atoms with Crippen LogP contribution in [0.4, 0.5) is 18.9 Å². The molecule has 1 saturated heterocycles. The van der Waals surface area contributed by atoms with Gasteiger partial charge in [-0.25, -0.2) is 31.7 Å². The van der Waals surface area contributed by atoms with Gasteiger partial charge < -0.3 is 10.0 Å². The number of benzene rings is 2. The quantitative estimate of drug-likeness (QED) is 0.441. The lowest BCUT2D eigenvalue weighted by atomic mass is 10.0. The molecule has 1 aliphatic rings. The molecule has 0 saturated carbocycles. The molecule has 3 aromatic rings. The van der Waals surface area contributed by atoms with Crippen molar-refractivity contribution in [1.82, 2.24) is 9.88 Å². The molecule has 1 fully saturated rings. The maximum atomic E-state index is 15.3. The normalized spacial score (nSPS) is 15.9. The minimum atomic E-state index is -4.60. The Kier molecular flexibility index (Phi) is 9.06. The number of rotatable bonds is 7. The first kappa shape index (κ1) is 27.6. The second-order valence-electron chi connectivity index (χ2n) is 8.19. The Hall–Kier alpha value is -3.00. The lowest BCUT2D eigenvalue weighted by Gasteiger charge is -2.30. The zero-order valence-corrected chi connectivity index (χ0v) is 20.9. The number of thiazole rings is 1. The number of anilines is 1. The molecular formula is C23H25F3N4O4S2. The Bertz CT molecular complexity index is 1310. The third-order valence-electron chi connectivity index (χ3n) is 5.91. The van der Waals surface area contributed by atoms with Crippen molar-refractivity contribution in [3.05, 3.63) is 75.5 Å². The maximum absolute atomic E-state index is 15.3. The summed E-state index contributed by atoms with van der Waals surface area (Å²) in [4.78, 5) is 15.2. The molecule has 1 aliphatic heterocycles. The van der Waals surface area contributed by atoms with Crippen molar-refractivity contribution in [3.8, 4) is 0 Å². The van der Waals surface area contributed by atoms with Gasteiger partial charge in [0.05, 0.1) is 11.2 Å². The van der Waals surface area contributed by atoms with Crippen LogP contribution >= 0.6 is 11.3 Å². The van der Waals surface area contributed by atoms with E-state index in [0.29, 0.717) is 37.3 Å². The fourth-order valence-electron chi connectivity index (χ4n) is 4.21. The molecule has 2 aromatic carbocycles. The largest absolute Gasteiger partial charge is 0.483 e. The number of carboxylic acid groups (broad SMARTS) is 1. The lowest BCUT2D eigenvalue weighted by molar-refractivity contribution is -0.122. The average molecular weight is 543 g/mol. The zero-order chi connectivity index (χ0) is 26.5. The van der Waals surface area contributed by atoms with Crippen LogP contribution < -0.4 is 10.0 Å². The molecule has 4 rings (SSSR count). The van der Waals surface area contributed by atoms with Crippen LogP contribution in [-0.4, -0.2) is 56.1 Å². The van der Waals surface area contributed by atoms with Crippen molar-refractivity contribution in [2.75, 3.05) is 25.0 Å². The third-order valence-corrected chi connectivity index (χ3v) is 7.49. The Morgan fingerprint density at radius 3 is 2.58 bits per heavy atom. The van der Waals surface area contributed by atoms with Gasteiger partial charge in [0.1, 0.15) is 11.6 Å². The maximum Gasteiger partial charge on any atom is 0.290 e. The number of primary sulfonamides is 1. The van der Waals surface area contributed by atoms with E-state index in [1.807, 2.05) is 0 Å². The summed E-state index contributed by atoms with van der Waals surface area (Å²) in [5.41, 5.74) is 2.95. The highest BCUT2D eigenvalue weighted by Crippen LogP contribution is 2.34. The van der Waals surface area contributed by atoms with Gasteiger partial charge in [0.2, 0.25) is 10.0 Å². The van der Waals surface area contributed by atoms with Gasteiger partial charge in [-0.2, -0.15) is 0 Å². The van der Waals surface area contributed by atoms with E-state index >= 15 is 4.39 Å². The molecule has 0 aliphatic carbocycles. The predicted molar refractivity (Wildman–Crippen MR) is 130 cm³/mol. The van der Waals surface area contributed by atoms with E-state index in [1.54, 1.807) is 41.0 Å². The molecule has 3 N–H and O–H groups in total. The first-order valence-electron chi connectivity index (χ1n) is 10.7. The van der Waals surface area contributed by atoms with Crippen LogP contribution in [0.3, 0.4) is 0 Å². The number of aromatic nitrogens is 1. The second-order valence-corrected chi connectivity index (χ2v) is 10.4. The Labute approximate surface area is 210 Å². The number of nitrogens with zero attached hydrogens (tertiary/aromatic N) is 3. The molecule has 36 heavy (non-hydrogen) atoms. The van der Waals surface area contributed by atoms with Gasteiger partial charge in [-0.3, -0.25) is 9.69 Å². The van der Waals surface area contributed by atoms with Gasteiger partial charge >= 0.3 is 0 Å². The molecular weight excluding hydrogens is 517 g/mol. The van der Waals surface area contributed by atoms with E-state index < -0.39 is 26.6 Å². The summed E-state index contributed by atoms with van der Waals surface area (Å²) in [5.74, 6) is -2.71. The number of hydrogen-bond acceptors (Lipinski definition) is 7. The van der Waals surface area contributed by atoms with Crippen LogP contribution in [0.1, 0.15) is 23.2 Å². The molecule has 0 bridgehead atoms. The van der Waals surface area contributed by atoms with Crippen LogP contribution in [0.15, 0.2) is 46.1 Å². The summed E-state index contributed by atoms with van der Waals surface area (Å²) >= 11 is 1.32. The van der Waals surface area contributed by atoms with Crippen molar-refractivity contribution in [3.63, 3.8) is 0 Å². The van der Waals surface area contributed by atoms with Crippen LogP contribution in [-0.2, 0) is 27.8 Å². The van der Waals surface area contributed by atoms with Crippen LogP contribution in [0, 0.1) is 17.5 Å². The number of halogens is 3. The highest BCUT2D eigenvalue weighted by atomic mass is 32.2. The molecule has 194 valence electrons. The zero-order valence-electron chi connectivity index (χ0n) is 19.3. The van der Waals surface area contributed by atoms with Crippen LogP contribution in [0.2, 0.25) is 0 Å². The van der Waals surface area contributed by atoms with E-state index in [2.05, 4.69) is 9.88 Å². The minimum absolute atomic E-state index is 0.0104. The lowest BCUT2D eigenvalue weighted by Crippen LogP contribution is -2.35. The number of likely N-dealkylation sites (N-methyl/N-ethyl adjacent to an activating group) is 1. The number of carbonyl (C=O) groups is 1. The third kappa shape index (κ3) is 6.40. The topological polar surface area (TPSA) is 117 Å². The van der Waals surface area contributed by atoms with Crippen molar-refractivity contribution in [1.29, 1.82) is 0 Å². The Balaban J connectivity index is 0.00000115. The fraction of sp³-hybridized carbons (Fsp3) is 0.304. The first-order valence-corrected chi connectivity index (χ1v) is 13.2. The van der Waals surface area contributed by atoms with E-state index in [4.69, 9.17) is 15.0 Å². The van der Waals surface area contributed by atoms with Crippen molar-refractivity contribution in [2.24, 2.45) is 5.14 Å². The number of hydrogen-bond donors (Lipinski definition) is 2. The van der Waals surface area contributed by atoms with Crippen LogP contribution in [0.5, 0.6) is 0 Å². The predicted octanol–water partition coefficient (Wildman–Crippen LogP) is 3.21. The minimum Gasteiger partial charge on any atom is -0.483 e. The molecule has 13 heteroatoms. The monoisotopic (exact) mass is 542 g/mol. The summed E-state index contributed by atoms with van der Waals surface area (Å²) in [6.45, 7) is 1.42. The van der Waals surface area contributed by atoms with Gasteiger partial charge in [0, 0.05) is 61.3 Å². The van der Waals surface area contributed by atoms with Crippen LogP contribution in [0.25, 0.3) is 0 Å². The molecule has 2 heterocycles. The smallest absolute Gasteiger partial charge is 0.290 e. The summed E-state index contributed by atoms with van der Waals surface area (Å²) < 4.78 is 67.8. The summed E-state index contributed by atoms with van der Waals surface area (Å²) in [5, 5.41) is 13.7. The number of sulfonamides is 1. The molecule has 0 unspecified atom stereocenters. The number of likely N-dealkylation sites (tertiary alicyclic amines) is 1. The second kappa shape index (κ2) is 11.8. The Morgan fingerprint density at radius 1 is 1.28 bits per heavy atom. The van der Waals surface area contributed by atoms with E-state index in [0.717, 1.165) is 6.07 Å². The molecule has 1 aromatic heterocycles. The van der Waals surface area contributed by atoms with Gasteiger partial charge in [-0.1, -0.05) is 18.2 Å². The number of nitrogens with two attached hydrogens (primary N) is 1. The molecule has 8 nitrogen and oxygen atoms in total. The van der Waals surface area contributed by atoms with Gasteiger partial charge in [0.15, 0.2) is 10.7 Å².